The third-order valence-electron chi connectivity index (χ3n) is 2.54. The number of nitrogens with zero attached hydrogens (tertiary/aromatic N) is 3. The first-order chi connectivity index (χ1) is 9.32. The molecule has 0 saturated heterocycles. The van der Waals surface area contributed by atoms with Gasteiger partial charge in [0.05, 0.1) is 12.2 Å². The Bertz CT molecular complexity index is 694. The maximum Gasteiger partial charge on any atom is 0.246 e. The summed E-state index contributed by atoms with van der Waals surface area (Å²) in [5.74, 6) is 0.447. The van der Waals surface area contributed by atoms with Crippen LogP contribution in [0.4, 0.5) is 5.69 Å². The van der Waals surface area contributed by atoms with Crippen LogP contribution in [0, 0.1) is 0 Å². The molecule has 1 heterocycles. The summed E-state index contributed by atoms with van der Waals surface area (Å²) in [6, 6.07) is 3.17. The van der Waals surface area contributed by atoms with E-state index < -0.39 is 10.0 Å². The maximum atomic E-state index is 12.5. The predicted octanol–water partition coefficient (Wildman–Crippen LogP) is 1.73. The van der Waals surface area contributed by atoms with Crippen molar-refractivity contribution in [2.24, 2.45) is 0 Å². The van der Waals surface area contributed by atoms with E-state index in [1.54, 1.807) is 12.1 Å². The van der Waals surface area contributed by atoms with Crippen molar-refractivity contribution in [2.75, 3.05) is 12.8 Å². The fraction of sp³-hybridized carbons (Fsp3) is 0.200. The molecule has 1 aromatic heterocycles. The number of nitrogen functional groups attached to an aromatic ring is 1. The summed E-state index contributed by atoms with van der Waals surface area (Å²) in [6.45, 7) is 0.0737. The number of hydrogen-bond acceptors (Lipinski definition) is 5. The topological polar surface area (TPSA) is 105 Å². The number of aromatic nitrogens is 3. The second-order valence-electron chi connectivity index (χ2n) is 4.00. The zero-order chi connectivity index (χ0) is 14.9. The molecule has 0 saturated carbocycles. The number of hydrogen-bond donors (Lipinski definition) is 2. The molecule has 108 valence electrons. The van der Waals surface area contributed by atoms with Crippen LogP contribution >= 0.6 is 31.9 Å². The Labute approximate surface area is 132 Å². The van der Waals surface area contributed by atoms with Gasteiger partial charge in [0.25, 0.3) is 0 Å². The number of rotatable bonds is 4. The van der Waals surface area contributed by atoms with E-state index in [1.807, 2.05) is 0 Å². The molecule has 0 atom stereocenters. The molecule has 0 aliphatic carbocycles. The van der Waals surface area contributed by atoms with E-state index in [1.165, 1.54) is 13.4 Å². The molecule has 0 spiro atoms. The first kappa shape index (κ1) is 15.4. The Morgan fingerprint density at radius 2 is 2.10 bits per heavy atom. The average Bonchev–Trinajstić information content (AvgIpc) is 2.79. The summed E-state index contributed by atoms with van der Waals surface area (Å²) in [4.78, 5) is 3.93. The van der Waals surface area contributed by atoms with Crippen LogP contribution in [0.1, 0.15) is 5.82 Å². The summed E-state index contributed by atoms with van der Waals surface area (Å²) in [5, 5.41) is 6.29. The van der Waals surface area contributed by atoms with Gasteiger partial charge in [-0.25, -0.2) is 13.4 Å². The molecule has 7 nitrogen and oxygen atoms in total. The van der Waals surface area contributed by atoms with Crippen LogP contribution in [0.3, 0.4) is 0 Å². The third kappa shape index (κ3) is 3.03. The number of anilines is 1. The largest absolute Gasteiger partial charge is 0.398 e. The highest BCUT2D eigenvalue weighted by Gasteiger charge is 2.27. The number of H-pyrrole nitrogens is 1. The zero-order valence-corrected chi connectivity index (χ0v) is 14.3. The normalized spacial score (nSPS) is 12.0. The van der Waals surface area contributed by atoms with Crippen LogP contribution in [0.25, 0.3) is 0 Å². The van der Waals surface area contributed by atoms with Crippen molar-refractivity contribution in [1.82, 2.24) is 19.5 Å². The first-order valence-electron chi connectivity index (χ1n) is 5.37. The standard InChI is InChI=1S/C10H11Br2N5O2S/c1-17(4-9-14-5-15-16-9)20(18,19)10-7(12)2-6(11)3-8(10)13/h2-3,5H,4,13H2,1H3,(H,14,15,16). The van der Waals surface area contributed by atoms with Crippen molar-refractivity contribution < 1.29 is 8.42 Å². The highest BCUT2D eigenvalue weighted by atomic mass is 79.9. The van der Waals surface area contributed by atoms with Crippen molar-refractivity contribution in [2.45, 2.75) is 11.4 Å². The quantitative estimate of drug-likeness (QED) is 0.727. The van der Waals surface area contributed by atoms with Gasteiger partial charge in [0.2, 0.25) is 10.0 Å². The fourth-order valence-electron chi connectivity index (χ4n) is 1.61. The predicted molar refractivity (Wildman–Crippen MR) is 81.3 cm³/mol. The van der Waals surface area contributed by atoms with E-state index in [2.05, 4.69) is 47.0 Å². The molecule has 2 aromatic rings. The van der Waals surface area contributed by atoms with Crippen LogP contribution in [0.5, 0.6) is 0 Å². The van der Waals surface area contributed by atoms with Gasteiger partial charge in [-0.15, -0.1) is 0 Å². The average molecular weight is 425 g/mol. The Kier molecular flexibility index (Phi) is 4.47. The zero-order valence-electron chi connectivity index (χ0n) is 10.3. The van der Waals surface area contributed by atoms with E-state index in [-0.39, 0.29) is 17.1 Å². The molecule has 0 amide bonds. The lowest BCUT2D eigenvalue weighted by atomic mass is 10.3. The third-order valence-corrected chi connectivity index (χ3v) is 5.81. The number of nitrogens with two attached hydrogens (primary N) is 1. The Balaban J connectivity index is 2.40. The van der Waals surface area contributed by atoms with Gasteiger partial charge in [-0.05, 0) is 28.1 Å². The highest BCUT2D eigenvalue weighted by molar-refractivity contribution is 9.11. The molecule has 3 N–H and O–H groups in total. The molecule has 10 heteroatoms. The van der Waals surface area contributed by atoms with Crippen molar-refractivity contribution >= 4 is 47.6 Å². The molecule has 0 aliphatic heterocycles. The van der Waals surface area contributed by atoms with Gasteiger partial charge in [-0.1, -0.05) is 15.9 Å². The number of nitrogens with one attached hydrogen (secondary N) is 1. The van der Waals surface area contributed by atoms with Gasteiger partial charge in [0.1, 0.15) is 17.0 Å². The first-order valence-corrected chi connectivity index (χ1v) is 8.40. The molecule has 0 bridgehead atoms. The van der Waals surface area contributed by atoms with Crippen LogP contribution < -0.4 is 5.73 Å². The van der Waals surface area contributed by atoms with E-state index in [0.717, 1.165) is 4.31 Å². The van der Waals surface area contributed by atoms with E-state index in [0.29, 0.717) is 14.8 Å². The van der Waals surface area contributed by atoms with Gasteiger partial charge >= 0.3 is 0 Å². The SMILES string of the molecule is CN(Cc1ncn[nH]1)S(=O)(=O)c1c(N)cc(Br)cc1Br. The Morgan fingerprint density at radius 3 is 2.65 bits per heavy atom. The second kappa shape index (κ2) is 5.80. The minimum absolute atomic E-state index is 0.0303. The van der Waals surface area contributed by atoms with Crippen LogP contribution in [0.2, 0.25) is 0 Å². The van der Waals surface area contributed by atoms with Crippen molar-refractivity contribution in [3.8, 4) is 0 Å². The fourth-order valence-corrected chi connectivity index (χ4v) is 4.75. The summed E-state index contributed by atoms with van der Waals surface area (Å²) in [7, 11) is -2.29. The minimum atomic E-state index is -3.74. The molecule has 0 aliphatic rings. The number of aromatic amines is 1. The molecule has 20 heavy (non-hydrogen) atoms. The van der Waals surface area contributed by atoms with E-state index in [9.17, 15) is 8.42 Å². The summed E-state index contributed by atoms with van der Waals surface area (Å²) in [6.07, 6.45) is 1.32. The van der Waals surface area contributed by atoms with Gasteiger partial charge in [0, 0.05) is 16.0 Å². The molecule has 0 fully saturated rings. The summed E-state index contributed by atoms with van der Waals surface area (Å²) >= 11 is 6.49. The van der Waals surface area contributed by atoms with Gasteiger partial charge in [-0.2, -0.15) is 9.40 Å². The lowest BCUT2D eigenvalue weighted by Crippen LogP contribution is -2.28. The number of halogens is 2. The molecular weight excluding hydrogens is 414 g/mol. The smallest absolute Gasteiger partial charge is 0.246 e. The molecule has 0 unspecified atom stereocenters. The summed E-state index contributed by atoms with van der Waals surface area (Å²) in [5.41, 5.74) is 5.98. The molecule has 0 radical (unpaired) electrons. The van der Waals surface area contributed by atoms with Crippen molar-refractivity contribution in [3.05, 3.63) is 33.2 Å². The Morgan fingerprint density at radius 1 is 1.40 bits per heavy atom. The van der Waals surface area contributed by atoms with Crippen LogP contribution in [-0.2, 0) is 16.6 Å². The second-order valence-corrected chi connectivity index (χ2v) is 7.75. The monoisotopic (exact) mass is 423 g/mol. The molecule has 2 rings (SSSR count). The van der Waals surface area contributed by atoms with Crippen LogP contribution in [0.15, 0.2) is 32.3 Å². The highest BCUT2D eigenvalue weighted by Crippen LogP contribution is 2.33. The lowest BCUT2D eigenvalue weighted by molar-refractivity contribution is 0.457. The van der Waals surface area contributed by atoms with E-state index >= 15 is 0 Å². The van der Waals surface area contributed by atoms with Gasteiger partial charge < -0.3 is 5.73 Å². The maximum absolute atomic E-state index is 12.5. The molecule has 1 aromatic carbocycles. The summed E-state index contributed by atoms with van der Waals surface area (Å²) < 4.78 is 27.3. The number of benzene rings is 1. The minimum Gasteiger partial charge on any atom is -0.398 e. The van der Waals surface area contributed by atoms with Crippen LogP contribution in [-0.4, -0.2) is 35.0 Å². The van der Waals surface area contributed by atoms with Crippen molar-refractivity contribution in [3.63, 3.8) is 0 Å². The number of sulfonamides is 1. The van der Waals surface area contributed by atoms with Gasteiger partial charge in [-0.3, -0.25) is 5.10 Å². The Hall–Kier alpha value is -0.970. The van der Waals surface area contributed by atoms with E-state index in [4.69, 9.17) is 5.73 Å². The molecular formula is C10H11Br2N5O2S. The lowest BCUT2D eigenvalue weighted by Gasteiger charge is -2.18. The van der Waals surface area contributed by atoms with Gasteiger partial charge in [0.15, 0.2) is 0 Å². The van der Waals surface area contributed by atoms with Crippen molar-refractivity contribution in [1.29, 1.82) is 0 Å².